The predicted molar refractivity (Wildman–Crippen MR) is 170 cm³/mol. The number of fused-ring (bicyclic) bond motifs is 7. The Hall–Kier alpha value is -2.42. The maximum Gasteiger partial charge on any atom is 0.0352 e. The van der Waals surface area contributed by atoms with Crippen molar-refractivity contribution in [1.82, 2.24) is 0 Å². The quantitative estimate of drug-likeness (QED) is 0.111. The average Bonchev–Trinajstić information content (AvgIpc) is 3.54. The van der Waals surface area contributed by atoms with E-state index in [0.717, 1.165) is 0 Å². The molecule has 0 nitrogen and oxygen atoms in total. The van der Waals surface area contributed by atoms with Gasteiger partial charge in [-0.3, -0.25) is 0 Å². The smallest absolute Gasteiger partial charge is 0.0352 e. The minimum atomic E-state index is 1.23. The number of aryl methyl sites for hydroxylation is 1. The van der Waals surface area contributed by atoms with Crippen LogP contribution in [0.15, 0.2) is 66.0 Å². The van der Waals surface area contributed by atoms with Crippen molar-refractivity contribution in [3.63, 3.8) is 0 Å². The van der Waals surface area contributed by atoms with Crippen molar-refractivity contribution < 1.29 is 0 Å². The monoisotopic (exact) mass is 522 g/mol. The summed E-state index contributed by atoms with van der Waals surface area (Å²) >= 11 is 3.83. The molecule has 0 bridgehead atoms. The number of hydrogen-bond donors (Lipinski definition) is 0. The van der Waals surface area contributed by atoms with Crippen LogP contribution in [0.2, 0.25) is 0 Å². The summed E-state index contributed by atoms with van der Waals surface area (Å²) in [4.78, 5) is 1.55. The molecule has 0 saturated carbocycles. The molecular weight excluding hydrogens is 485 g/mol. The summed E-state index contributed by atoms with van der Waals surface area (Å²) in [6.07, 6.45) is 16.7. The fourth-order valence-electron chi connectivity index (χ4n) is 6.01. The molecule has 37 heavy (non-hydrogen) atoms. The van der Waals surface area contributed by atoms with E-state index in [-0.39, 0.29) is 0 Å². The maximum absolute atomic E-state index is 2.46. The number of thiophene rings is 2. The summed E-state index contributed by atoms with van der Waals surface area (Å²) in [7, 11) is 0. The third-order valence-corrected chi connectivity index (χ3v) is 10.2. The summed E-state index contributed by atoms with van der Waals surface area (Å²) in [6.45, 7) is 2.30. The van der Waals surface area contributed by atoms with Gasteiger partial charge in [-0.05, 0) is 97.7 Å². The Kier molecular flexibility index (Phi) is 7.76. The Bertz CT molecular complexity index is 1650. The van der Waals surface area contributed by atoms with Gasteiger partial charge in [-0.25, -0.2) is 0 Å². The predicted octanol–water partition coefficient (Wildman–Crippen LogP) is 12.4. The second kappa shape index (κ2) is 11.5. The molecule has 0 spiro atoms. The maximum atomic E-state index is 2.46. The van der Waals surface area contributed by atoms with E-state index in [1.54, 1.807) is 4.88 Å². The molecule has 2 aromatic heterocycles. The van der Waals surface area contributed by atoms with Gasteiger partial charge in [-0.1, -0.05) is 95.4 Å². The fraction of sp³-hybridized carbons (Fsp3) is 0.371. The van der Waals surface area contributed by atoms with Crippen molar-refractivity contribution in [3.05, 3.63) is 70.9 Å². The highest BCUT2D eigenvalue weighted by Gasteiger charge is 2.10. The molecule has 0 aliphatic rings. The Morgan fingerprint density at radius 2 is 1.08 bits per heavy atom. The van der Waals surface area contributed by atoms with E-state index in [4.69, 9.17) is 0 Å². The Morgan fingerprint density at radius 3 is 1.76 bits per heavy atom. The van der Waals surface area contributed by atoms with E-state index >= 15 is 0 Å². The van der Waals surface area contributed by atoms with Gasteiger partial charge in [0.2, 0.25) is 0 Å². The molecule has 0 unspecified atom stereocenters. The minimum Gasteiger partial charge on any atom is -0.144 e. The zero-order chi connectivity index (χ0) is 25.0. The van der Waals surface area contributed by atoms with Gasteiger partial charge in [0.05, 0.1) is 0 Å². The van der Waals surface area contributed by atoms with Gasteiger partial charge in [0.15, 0.2) is 0 Å². The molecule has 190 valence electrons. The lowest BCUT2D eigenvalue weighted by atomic mass is 9.96. The lowest BCUT2D eigenvalue weighted by molar-refractivity contribution is 0.550. The average molecular weight is 523 g/mol. The van der Waals surface area contributed by atoms with Crippen molar-refractivity contribution >= 4 is 75.2 Å². The second-order valence-electron chi connectivity index (χ2n) is 10.9. The highest BCUT2D eigenvalue weighted by Crippen LogP contribution is 2.38. The fourth-order valence-corrected chi connectivity index (χ4v) is 7.96. The van der Waals surface area contributed by atoms with E-state index < -0.39 is 0 Å². The molecule has 0 amide bonds. The van der Waals surface area contributed by atoms with E-state index in [0.29, 0.717) is 0 Å². The molecule has 6 rings (SSSR count). The van der Waals surface area contributed by atoms with E-state index in [1.165, 1.54) is 130 Å². The molecule has 0 aliphatic carbocycles. The first-order chi connectivity index (χ1) is 18.3. The molecule has 0 N–H and O–H groups in total. The first-order valence-electron chi connectivity index (χ1n) is 14.5. The van der Waals surface area contributed by atoms with Crippen LogP contribution in [0, 0.1) is 0 Å². The normalized spacial score (nSPS) is 12.1. The summed E-state index contributed by atoms with van der Waals surface area (Å²) in [5.41, 5.74) is 0. The molecule has 0 aliphatic heterocycles. The van der Waals surface area contributed by atoms with Crippen molar-refractivity contribution in [2.45, 2.75) is 84.0 Å². The highest BCUT2D eigenvalue weighted by atomic mass is 32.1. The molecule has 2 heterocycles. The van der Waals surface area contributed by atoms with Crippen LogP contribution >= 0.6 is 22.7 Å². The molecular formula is C35H38S2. The van der Waals surface area contributed by atoms with Crippen molar-refractivity contribution in [3.8, 4) is 0 Å². The summed E-state index contributed by atoms with van der Waals surface area (Å²) in [5.74, 6) is 0. The van der Waals surface area contributed by atoms with Crippen LogP contribution in [-0.2, 0) is 6.42 Å². The van der Waals surface area contributed by atoms with E-state index in [1.807, 2.05) is 22.7 Å². The van der Waals surface area contributed by atoms with Gasteiger partial charge >= 0.3 is 0 Å². The van der Waals surface area contributed by atoms with Gasteiger partial charge in [0.25, 0.3) is 0 Å². The SMILES string of the molecule is CCCCCCCCCCCCCc1cc2cc3c(ccc4c5cc6ccsc6cc5ccc34)cc2s1. The van der Waals surface area contributed by atoms with Crippen LogP contribution in [-0.4, -0.2) is 0 Å². The lowest BCUT2D eigenvalue weighted by Gasteiger charge is -2.08. The summed E-state index contributed by atoms with van der Waals surface area (Å²) in [6, 6.07) is 23.6. The molecule has 2 heteroatoms. The van der Waals surface area contributed by atoms with Crippen LogP contribution in [0.1, 0.15) is 82.4 Å². The minimum absolute atomic E-state index is 1.23. The Labute approximate surface area is 229 Å². The zero-order valence-corrected chi connectivity index (χ0v) is 23.8. The standard InChI is InChI=1S/C35H38S2/c1-2-3-4-5-6-7-8-9-10-11-12-13-29-20-28-22-33-26(24-35(28)37-29)15-17-30-31(33)16-14-25-23-34-27(18-19-36-34)21-32(25)30/h14-24H,2-13H2,1H3. The summed E-state index contributed by atoms with van der Waals surface area (Å²) < 4.78 is 2.81. The van der Waals surface area contributed by atoms with Crippen molar-refractivity contribution in [1.29, 1.82) is 0 Å². The van der Waals surface area contributed by atoms with Crippen LogP contribution in [0.5, 0.6) is 0 Å². The third kappa shape index (κ3) is 5.42. The van der Waals surface area contributed by atoms with Gasteiger partial charge < -0.3 is 0 Å². The summed E-state index contributed by atoms with van der Waals surface area (Å²) in [5, 5.41) is 13.2. The molecule has 0 saturated heterocycles. The molecule has 0 atom stereocenters. The van der Waals surface area contributed by atoms with E-state index in [2.05, 4.69) is 73.0 Å². The molecule has 6 aromatic rings. The number of hydrogen-bond acceptors (Lipinski definition) is 2. The number of unbranched alkanes of at least 4 members (excludes halogenated alkanes) is 10. The molecule has 4 aromatic carbocycles. The van der Waals surface area contributed by atoms with E-state index in [9.17, 15) is 0 Å². The van der Waals surface area contributed by atoms with Crippen LogP contribution in [0.3, 0.4) is 0 Å². The third-order valence-electron chi connectivity index (χ3n) is 8.12. The first-order valence-corrected chi connectivity index (χ1v) is 16.2. The van der Waals surface area contributed by atoms with Crippen LogP contribution in [0.25, 0.3) is 52.5 Å². The van der Waals surface area contributed by atoms with Crippen LogP contribution < -0.4 is 0 Å². The number of rotatable bonds is 12. The van der Waals surface area contributed by atoms with Crippen LogP contribution in [0.4, 0.5) is 0 Å². The lowest BCUT2D eigenvalue weighted by Crippen LogP contribution is -1.84. The zero-order valence-electron chi connectivity index (χ0n) is 22.2. The highest BCUT2D eigenvalue weighted by molar-refractivity contribution is 7.19. The van der Waals surface area contributed by atoms with Gasteiger partial charge in [0.1, 0.15) is 0 Å². The molecule has 0 radical (unpaired) electrons. The Morgan fingerprint density at radius 1 is 0.486 bits per heavy atom. The largest absolute Gasteiger partial charge is 0.144 e. The van der Waals surface area contributed by atoms with Gasteiger partial charge in [-0.2, -0.15) is 0 Å². The van der Waals surface area contributed by atoms with Gasteiger partial charge in [-0.15, -0.1) is 22.7 Å². The first kappa shape index (κ1) is 24.9. The number of benzene rings is 4. The molecule has 0 fully saturated rings. The Balaban J connectivity index is 1.13. The van der Waals surface area contributed by atoms with Crippen molar-refractivity contribution in [2.24, 2.45) is 0 Å². The topological polar surface area (TPSA) is 0 Å². The second-order valence-corrected chi connectivity index (χ2v) is 13.0. The van der Waals surface area contributed by atoms with Crippen molar-refractivity contribution in [2.75, 3.05) is 0 Å². The van der Waals surface area contributed by atoms with Gasteiger partial charge in [0, 0.05) is 14.3 Å².